The number of carboxylic acids is 4. The molecule has 0 atom stereocenters. The summed E-state index contributed by atoms with van der Waals surface area (Å²) < 4.78 is 6.67. The van der Waals surface area contributed by atoms with E-state index in [4.69, 9.17) is 19.9 Å². The summed E-state index contributed by atoms with van der Waals surface area (Å²) in [4.78, 5) is 69.5. The summed E-state index contributed by atoms with van der Waals surface area (Å²) in [6.45, 7) is 0. The van der Waals surface area contributed by atoms with E-state index in [9.17, 15) is 39.6 Å². The van der Waals surface area contributed by atoms with Gasteiger partial charge in [-0.3, -0.25) is 4.40 Å². The van der Waals surface area contributed by atoms with Crippen LogP contribution in [0.2, 0.25) is 0 Å². The van der Waals surface area contributed by atoms with Gasteiger partial charge in [-0.2, -0.15) is 19.9 Å². The van der Waals surface area contributed by atoms with Crippen molar-refractivity contribution in [1.29, 1.82) is 0 Å². The van der Waals surface area contributed by atoms with Gasteiger partial charge < -0.3 is 25.0 Å². The van der Waals surface area contributed by atoms with Crippen LogP contribution in [0.1, 0.15) is 41.4 Å². The Morgan fingerprint density at radius 1 is 0.500 bits per heavy atom. The van der Waals surface area contributed by atoms with Gasteiger partial charge in [-0.15, -0.1) is 0 Å². The van der Waals surface area contributed by atoms with E-state index in [1.807, 2.05) is 0 Å². The van der Waals surface area contributed by atoms with Crippen molar-refractivity contribution >= 4 is 95.9 Å². The molecule has 0 unspecified atom stereocenters. The summed E-state index contributed by atoms with van der Waals surface area (Å²) in [5.41, 5.74) is 2.80. The number of carboxylic acid groups (broad SMARTS) is 4. The zero-order valence-corrected chi connectivity index (χ0v) is 27.1. The highest BCUT2D eigenvalue weighted by Gasteiger charge is 2.30. The van der Waals surface area contributed by atoms with Crippen LogP contribution in [0, 0.1) is 7.05 Å². The fourth-order valence-electron chi connectivity index (χ4n) is 7.82. The lowest BCUT2D eigenvalue weighted by Crippen LogP contribution is -2.31. The maximum atomic E-state index is 12.3. The Labute approximate surface area is 297 Å². The molecule has 16 heteroatoms. The molecule has 1 aliphatic rings. The van der Waals surface area contributed by atoms with E-state index in [-0.39, 0.29) is 45.2 Å². The monoisotopic (exact) mass is 714 g/mol. The molecule has 1 aliphatic heterocycles. The molecule has 4 aromatic carbocycles. The van der Waals surface area contributed by atoms with E-state index < -0.39 is 23.9 Å². The van der Waals surface area contributed by atoms with Gasteiger partial charge in [-0.25, -0.2) is 28.0 Å². The molecule has 2 bridgehead atoms. The molecule has 7 heterocycles. The summed E-state index contributed by atoms with van der Waals surface area (Å²) in [5, 5.41) is 42.9. The lowest BCUT2D eigenvalue weighted by molar-refractivity contribution is -0.590. The molecule has 16 nitrogen and oxygen atoms in total. The highest BCUT2D eigenvalue weighted by molar-refractivity contribution is 6.14. The summed E-state index contributed by atoms with van der Waals surface area (Å²) >= 11 is 0. The Morgan fingerprint density at radius 3 is 1.43 bits per heavy atom. The Bertz CT molecular complexity index is 3540. The number of hydrogen-bond donors (Lipinski definition) is 4. The quantitative estimate of drug-likeness (QED) is 0.148. The van der Waals surface area contributed by atoms with Gasteiger partial charge in [0.25, 0.3) is 5.78 Å². The normalized spacial score (nSPS) is 12.4. The highest BCUT2D eigenvalue weighted by Crippen LogP contribution is 2.38. The largest absolute Gasteiger partial charge is 0.478 e. The van der Waals surface area contributed by atoms with Crippen molar-refractivity contribution in [2.45, 2.75) is 0 Å². The van der Waals surface area contributed by atoms with Crippen LogP contribution in [0.3, 0.4) is 0 Å². The minimum atomic E-state index is -1.17. The molecule has 0 fully saturated rings. The molecule has 0 amide bonds. The van der Waals surface area contributed by atoms with E-state index >= 15 is 0 Å². The van der Waals surface area contributed by atoms with Gasteiger partial charge in [0, 0.05) is 32.3 Å². The Kier molecular flexibility index (Phi) is 5.25. The second-order valence-corrected chi connectivity index (χ2v) is 13.0. The lowest BCUT2D eigenvalue weighted by atomic mass is 10.0. The van der Waals surface area contributed by atoms with Crippen LogP contribution in [-0.2, 0) is 0 Å². The van der Waals surface area contributed by atoms with E-state index in [0.29, 0.717) is 71.8 Å². The average Bonchev–Trinajstić information content (AvgIpc) is 3.83. The van der Waals surface area contributed by atoms with Crippen LogP contribution in [-0.4, -0.2) is 73.0 Å². The predicted octanol–water partition coefficient (Wildman–Crippen LogP) is 4.36. The first-order valence-corrected chi connectivity index (χ1v) is 16.2. The standard InChI is InChI=1S/C38H18N8O8/c1-43-26-18-6-2-14(34(47)48)10-22(18)27(43)40-32-24-12-16(36(51)52)3-7-19(24)28-41-29-21-9-5-17(37(53)54)13-25(21)33-42-30-20-8-4-15(35(49)50)11-23(20)31(39-26)45(30)38(44(28)32)46(29)33/h2-13H,1H2,(H,47,48)(H,49,50)(H,51,52)(H,53,54). The zero-order chi connectivity index (χ0) is 37.1. The van der Waals surface area contributed by atoms with Crippen LogP contribution in [0.5, 0.6) is 0 Å². The topological polar surface area (TPSA) is 218 Å². The molecule has 0 radical (unpaired) electrons. The molecule has 6 aromatic heterocycles. The van der Waals surface area contributed by atoms with E-state index in [0.717, 1.165) is 0 Å². The first kappa shape index (κ1) is 29.6. The lowest BCUT2D eigenvalue weighted by Gasteiger charge is -2.09. The third kappa shape index (κ3) is 3.49. The molecule has 54 heavy (non-hydrogen) atoms. The number of fused-ring (bicyclic) bond motifs is 14. The maximum absolute atomic E-state index is 12.3. The average molecular weight is 715 g/mol. The SMILES string of the molecule is [CH2-][n+]1c2nc3c4cc(C(=O)O)ccc4c4nc5c6ccc(C(=O)O)cc6c6nc7c8ccc(C(=O)O)cc8c(nc1-c1ccc(C(=O)O)cc1-2)n7[c-](n34)[n+]56. The van der Waals surface area contributed by atoms with Crippen LogP contribution in [0.15, 0.2) is 72.8 Å². The van der Waals surface area contributed by atoms with Crippen molar-refractivity contribution in [2.75, 3.05) is 0 Å². The fourth-order valence-corrected chi connectivity index (χ4v) is 7.82. The molecule has 10 aromatic rings. The van der Waals surface area contributed by atoms with Crippen molar-refractivity contribution < 1.29 is 48.6 Å². The Hall–Kier alpha value is -8.14. The summed E-state index contributed by atoms with van der Waals surface area (Å²) in [6, 6.07) is 18.3. The first-order valence-electron chi connectivity index (χ1n) is 16.2. The molecular formula is C38H18N8O8. The zero-order valence-electron chi connectivity index (χ0n) is 27.1. The van der Waals surface area contributed by atoms with Gasteiger partial charge in [0.2, 0.25) is 11.3 Å². The van der Waals surface area contributed by atoms with Crippen LogP contribution >= 0.6 is 0 Å². The fraction of sp³-hybridized carbons (Fsp3) is 0. The van der Waals surface area contributed by atoms with Crippen molar-refractivity contribution in [1.82, 2.24) is 28.7 Å². The van der Waals surface area contributed by atoms with Crippen LogP contribution in [0.25, 0.3) is 94.8 Å². The number of hydrogen-bond acceptors (Lipinski definition) is 8. The molecule has 0 spiro atoms. The number of nitrogens with zero attached hydrogens (tertiary/aromatic N) is 8. The first-order chi connectivity index (χ1) is 26.0. The second kappa shape index (κ2) is 9.59. The molecule has 0 saturated carbocycles. The van der Waals surface area contributed by atoms with Gasteiger partial charge in [-0.05, 0) is 59.7 Å². The van der Waals surface area contributed by atoms with Crippen LogP contribution < -0.4 is 8.97 Å². The summed E-state index contributed by atoms with van der Waals surface area (Å²) in [6.07, 6.45) is 0. The minimum absolute atomic E-state index is 0.0135. The third-order valence-electron chi connectivity index (χ3n) is 10.2. The summed E-state index contributed by atoms with van der Waals surface area (Å²) in [7, 11) is 4.26. The minimum Gasteiger partial charge on any atom is -0.478 e. The van der Waals surface area contributed by atoms with Crippen molar-refractivity contribution in [3.05, 3.63) is 102 Å². The van der Waals surface area contributed by atoms with E-state index in [1.54, 1.807) is 37.5 Å². The highest BCUT2D eigenvalue weighted by atomic mass is 16.4. The number of rotatable bonds is 4. The molecular weight excluding hydrogens is 696 g/mol. The van der Waals surface area contributed by atoms with Gasteiger partial charge in [0.1, 0.15) is 0 Å². The Morgan fingerprint density at radius 2 is 0.907 bits per heavy atom. The Balaban J connectivity index is 1.52. The van der Waals surface area contributed by atoms with Gasteiger partial charge in [0.15, 0.2) is 34.2 Å². The van der Waals surface area contributed by atoms with E-state index in [2.05, 4.69) is 7.05 Å². The van der Waals surface area contributed by atoms with Gasteiger partial charge in [0.05, 0.1) is 22.3 Å². The smallest absolute Gasteiger partial charge is 0.335 e. The van der Waals surface area contributed by atoms with Gasteiger partial charge >= 0.3 is 23.9 Å². The summed E-state index contributed by atoms with van der Waals surface area (Å²) in [5.74, 6) is -3.79. The number of benzene rings is 4. The maximum Gasteiger partial charge on any atom is 0.335 e. The third-order valence-corrected chi connectivity index (χ3v) is 10.2. The molecule has 0 saturated heterocycles. The number of carbonyl (C=O) groups is 4. The van der Waals surface area contributed by atoms with Gasteiger partial charge in [-0.1, -0.05) is 31.3 Å². The molecule has 0 aliphatic carbocycles. The van der Waals surface area contributed by atoms with Crippen molar-refractivity contribution in [3.8, 4) is 22.8 Å². The molecule has 258 valence electrons. The van der Waals surface area contributed by atoms with E-state index in [1.165, 1.54) is 53.1 Å². The molecule has 4 N–H and O–H groups in total. The number of aromatic carboxylic acids is 4. The van der Waals surface area contributed by atoms with Crippen molar-refractivity contribution in [3.63, 3.8) is 0 Å². The van der Waals surface area contributed by atoms with Crippen LogP contribution in [0.4, 0.5) is 0 Å². The predicted molar refractivity (Wildman–Crippen MR) is 189 cm³/mol. The van der Waals surface area contributed by atoms with Crippen molar-refractivity contribution in [2.24, 2.45) is 0 Å². The molecule has 11 rings (SSSR count). The second-order valence-electron chi connectivity index (χ2n) is 13.0. The number of aromatic nitrogens is 8.